The minimum Gasteiger partial charge on any atom is -0.435 e. The maximum absolute atomic E-state index is 11.4. The van der Waals surface area contributed by atoms with E-state index >= 15 is 0 Å². The smallest absolute Gasteiger partial charge is 0.227 e. The lowest BCUT2D eigenvalue weighted by Gasteiger charge is -2.17. The van der Waals surface area contributed by atoms with Crippen LogP contribution in [0.1, 0.15) is 39.0 Å². The normalized spacial score (nSPS) is 15.0. The quantitative estimate of drug-likeness (QED) is 0.194. The molecule has 1 aliphatic heterocycles. The van der Waals surface area contributed by atoms with E-state index in [4.69, 9.17) is 9.40 Å². The first-order valence-corrected chi connectivity index (χ1v) is 14.8. The van der Waals surface area contributed by atoms with E-state index < -0.39 is 0 Å². The molecule has 0 radical (unpaired) electrons. The Kier molecular flexibility index (Phi) is 7.29. The molecule has 0 spiro atoms. The van der Waals surface area contributed by atoms with Crippen molar-refractivity contribution >= 4 is 39.8 Å². The van der Waals surface area contributed by atoms with Crippen LogP contribution in [-0.2, 0) is 6.54 Å². The Morgan fingerprint density at radius 2 is 1.87 bits per heavy atom. The van der Waals surface area contributed by atoms with Gasteiger partial charge in [0.1, 0.15) is 23.4 Å². The number of carbonyl (C=O) groups excluding carboxylic acids is 1. The third-order valence-corrected chi connectivity index (χ3v) is 8.52. The summed E-state index contributed by atoms with van der Waals surface area (Å²) in [6.07, 6.45) is 4.95. The van der Waals surface area contributed by atoms with Gasteiger partial charge in [-0.25, -0.2) is 9.97 Å². The van der Waals surface area contributed by atoms with E-state index in [1.165, 1.54) is 6.07 Å². The maximum atomic E-state index is 11.4. The Bertz CT molecular complexity index is 2150. The molecule has 9 nitrogen and oxygen atoms in total. The Morgan fingerprint density at radius 1 is 1.07 bits per heavy atom. The summed E-state index contributed by atoms with van der Waals surface area (Å²) in [5.74, 6) is 1.07. The van der Waals surface area contributed by atoms with Gasteiger partial charge >= 0.3 is 0 Å². The lowest BCUT2D eigenvalue weighted by molar-refractivity contribution is 0.112. The SMILES string of the molecule is Cc1c(Nc2nccc3cc(CN4CCC(O)C4)cnc23)cccc1-c1cccc(-c2nc3cc(C=O)cc(C#N)c3o2)c1C. The molecule has 1 atom stereocenters. The van der Waals surface area contributed by atoms with E-state index in [1.54, 1.807) is 12.3 Å². The standard InChI is InChI=1S/C36H30N6O3/c1-21-28(5-3-7-30(21)36-41-32-15-23(20-43)13-26(16-37)34(32)45-36)29-6-4-8-31(22(29)2)40-35-33-25(9-11-38-35)14-24(17-39-33)18-42-12-10-27(44)19-42/h3-9,11,13-15,17,20,27,44H,10,12,18-19H2,1-2H3,(H,38,40). The fraction of sp³-hybridized carbons (Fsp3) is 0.194. The van der Waals surface area contributed by atoms with E-state index in [0.29, 0.717) is 41.2 Å². The number of hydrogen-bond acceptors (Lipinski definition) is 9. The minimum atomic E-state index is -0.249. The van der Waals surface area contributed by atoms with Crippen LogP contribution in [0, 0.1) is 25.2 Å². The number of benzene rings is 3. The number of nitrogens with one attached hydrogen (secondary N) is 1. The molecule has 1 aliphatic rings. The zero-order valence-electron chi connectivity index (χ0n) is 24.9. The molecule has 45 heavy (non-hydrogen) atoms. The lowest BCUT2D eigenvalue weighted by atomic mass is 9.93. The van der Waals surface area contributed by atoms with Gasteiger partial charge in [0.25, 0.3) is 0 Å². The first-order chi connectivity index (χ1) is 21.9. The number of carbonyl (C=O) groups is 1. The molecule has 7 rings (SSSR count). The number of aldehydes is 1. The lowest BCUT2D eigenvalue weighted by Crippen LogP contribution is -2.21. The molecule has 0 bridgehead atoms. The highest BCUT2D eigenvalue weighted by Gasteiger charge is 2.21. The molecule has 1 fully saturated rings. The molecule has 6 aromatic rings. The van der Waals surface area contributed by atoms with Crippen molar-refractivity contribution in [1.82, 2.24) is 19.9 Å². The van der Waals surface area contributed by atoms with Crippen LogP contribution in [0.15, 0.2) is 77.5 Å². The van der Waals surface area contributed by atoms with Gasteiger partial charge in [0.05, 0.1) is 11.7 Å². The Hall–Kier alpha value is -5.43. The van der Waals surface area contributed by atoms with E-state index in [9.17, 15) is 15.2 Å². The Labute approximate surface area is 259 Å². The number of pyridine rings is 2. The number of aliphatic hydroxyl groups excluding tert-OH is 1. The van der Waals surface area contributed by atoms with Crippen LogP contribution in [0.2, 0.25) is 0 Å². The fourth-order valence-electron chi connectivity index (χ4n) is 6.17. The van der Waals surface area contributed by atoms with Crippen LogP contribution in [0.3, 0.4) is 0 Å². The predicted octanol–water partition coefficient (Wildman–Crippen LogP) is 6.72. The van der Waals surface area contributed by atoms with Crippen LogP contribution >= 0.6 is 0 Å². The molecule has 3 aromatic carbocycles. The van der Waals surface area contributed by atoms with Gasteiger partial charge in [-0.05, 0) is 84.5 Å². The highest BCUT2D eigenvalue weighted by Crippen LogP contribution is 2.37. The summed E-state index contributed by atoms with van der Waals surface area (Å²) in [7, 11) is 0. The second-order valence-corrected chi connectivity index (χ2v) is 11.5. The van der Waals surface area contributed by atoms with Gasteiger partial charge in [-0.2, -0.15) is 5.26 Å². The van der Waals surface area contributed by atoms with E-state index in [1.807, 2.05) is 43.5 Å². The summed E-state index contributed by atoms with van der Waals surface area (Å²) in [5.41, 5.74) is 9.17. The zero-order valence-corrected chi connectivity index (χ0v) is 24.9. The number of aromatic nitrogens is 3. The van der Waals surface area contributed by atoms with Gasteiger partial charge in [0, 0.05) is 54.2 Å². The number of rotatable bonds is 7. The van der Waals surface area contributed by atoms with Gasteiger partial charge in [-0.1, -0.05) is 24.3 Å². The van der Waals surface area contributed by atoms with Crippen LogP contribution < -0.4 is 5.32 Å². The topological polar surface area (TPSA) is 128 Å². The van der Waals surface area contributed by atoms with Crippen molar-refractivity contribution in [2.45, 2.75) is 32.9 Å². The molecule has 222 valence electrons. The summed E-state index contributed by atoms with van der Waals surface area (Å²) < 4.78 is 6.08. The number of fused-ring (bicyclic) bond motifs is 2. The predicted molar refractivity (Wildman–Crippen MR) is 173 cm³/mol. The highest BCUT2D eigenvalue weighted by atomic mass is 16.3. The van der Waals surface area contributed by atoms with Crippen molar-refractivity contribution in [3.8, 4) is 28.7 Å². The summed E-state index contributed by atoms with van der Waals surface area (Å²) in [5, 5.41) is 24.0. The number of anilines is 2. The Balaban J connectivity index is 1.21. The van der Waals surface area contributed by atoms with Gasteiger partial charge < -0.3 is 14.8 Å². The average Bonchev–Trinajstić information content (AvgIpc) is 3.67. The largest absolute Gasteiger partial charge is 0.435 e. The average molecular weight is 595 g/mol. The van der Waals surface area contributed by atoms with Crippen LogP contribution in [-0.4, -0.2) is 50.4 Å². The first-order valence-electron chi connectivity index (χ1n) is 14.8. The second kappa shape index (κ2) is 11.6. The molecule has 1 saturated heterocycles. The van der Waals surface area contributed by atoms with Crippen LogP contribution in [0.4, 0.5) is 11.5 Å². The maximum Gasteiger partial charge on any atom is 0.227 e. The van der Waals surface area contributed by atoms with Crippen LogP contribution in [0.25, 0.3) is 44.6 Å². The van der Waals surface area contributed by atoms with Gasteiger partial charge in [0.15, 0.2) is 11.4 Å². The van der Waals surface area contributed by atoms with Gasteiger partial charge in [-0.15, -0.1) is 0 Å². The number of nitriles is 1. The summed E-state index contributed by atoms with van der Waals surface area (Å²) in [4.78, 5) is 27.7. The molecular weight excluding hydrogens is 564 g/mol. The summed E-state index contributed by atoms with van der Waals surface area (Å²) in [6, 6.07) is 21.5. The molecule has 3 aromatic heterocycles. The number of likely N-dealkylation sites (tertiary alicyclic amines) is 1. The number of oxazole rings is 1. The minimum absolute atomic E-state index is 0.249. The van der Waals surface area contributed by atoms with Crippen molar-refractivity contribution < 1.29 is 14.3 Å². The second-order valence-electron chi connectivity index (χ2n) is 11.5. The van der Waals surface area contributed by atoms with Crippen molar-refractivity contribution in [2.24, 2.45) is 0 Å². The first kappa shape index (κ1) is 28.3. The molecule has 9 heteroatoms. The van der Waals surface area contributed by atoms with Gasteiger partial charge in [0.2, 0.25) is 5.89 Å². The summed E-state index contributed by atoms with van der Waals surface area (Å²) >= 11 is 0. The van der Waals surface area contributed by atoms with E-state index in [2.05, 4.69) is 51.4 Å². The van der Waals surface area contributed by atoms with Crippen LogP contribution in [0.5, 0.6) is 0 Å². The van der Waals surface area contributed by atoms with Crippen molar-refractivity contribution in [3.05, 3.63) is 101 Å². The van der Waals surface area contributed by atoms with Gasteiger partial charge in [-0.3, -0.25) is 14.7 Å². The number of nitrogens with zero attached hydrogens (tertiary/aromatic N) is 5. The fourth-order valence-corrected chi connectivity index (χ4v) is 6.17. The zero-order chi connectivity index (χ0) is 31.1. The molecule has 1 unspecified atom stereocenters. The number of aliphatic hydroxyl groups is 1. The van der Waals surface area contributed by atoms with E-state index in [-0.39, 0.29) is 11.7 Å². The third kappa shape index (κ3) is 5.31. The number of β-amino-alcohol motifs (C(OH)–C–C–N with tert-alkyl or cyclic N) is 1. The third-order valence-electron chi connectivity index (χ3n) is 8.52. The Morgan fingerprint density at radius 3 is 2.64 bits per heavy atom. The molecule has 2 N–H and O–H groups in total. The molecular formula is C36H30N6O3. The molecule has 0 saturated carbocycles. The molecule has 4 heterocycles. The van der Waals surface area contributed by atoms with E-state index in [0.717, 1.165) is 69.5 Å². The summed E-state index contributed by atoms with van der Waals surface area (Å²) in [6.45, 7) is 6.44. The monoisotopic (exact) mass is 594 g/mol. The molecule has 0 aliphatic carbocycles. The number of hydrogen-bond donors (Lipinski definition) is 2. The van der Waals surface area contributed by atoms with Crippen molar-refractivity contribution in [3.63, 3.8) is 0 Å². The van der Waals surface area contributed by atoms with Crippen molar-refractivity contribution in [2.75, 3.05) is 18.4 Å². The van der Waals surface area contributed by atoms with Crippen molar-refractivity contribution in [1.29, 1.82) is 5.26 Å². The molecule has 0 amide bonds. The highest BCUT2D eigenvalue weighted by molar-refractivity contribution is 5.92.